The minimum absolute atomic E-state index is 0.0786. The van der Waals surface area contributed by atoms with Crippen LogP contribution in [-0.4, -0.2) is 11.4 Å². The number of nitrogens with one attached hydrogen (secondary N) is 1. The Morgan fingerprint density at radius 1 is 1.38 bits per heavy atom. The molecule has 3 heteroatoms. The van der Waals surface area contributed by atoms with Gasteiger partial charge in [-0.1, -0.05) is 12.1 Å². The molecule has 1 aromatic carbocycles. The molecule has 0 aromatic heterocycles. The van der Waals surface area contributed by atoms with Gasteiger partial charge in [-0.25, -0.2) is 0 Å². The predicted molar refractivity (Wildman–Crippen MR) is 67.1 cm³/mol. The lowest BCUT2D eigenvalue weighted by atomic mass is 10.1. The van der Waals surface area contributed by atoms with Gasteiger partial charge in [-0.15, -0.1) is 0 Å². The van der Waals surface area contributed by atoms with Crippen LogP contribution in [0.3, 0.4) is 0 Å². The summed E-state index contributed by atoms with van der Waals surface area (Å²) in [4.78, 5) is 11.6. The van der Waals surface area contributed by atoms with Gasteiger partial charge in [0.1, 0.15) is 0 Å². The first-order valence-electron chi connectivity index (χ1n) is 5.52. The molecule has 1 aromatic rings. The number of carbonyl (C=O) groups is 1. The summed E-state index contributed by atoms with van der Waals surface area (Å²) in [6.07, 6.45) is 1.23. The van der Waals surface area contributed by atoms with Crippen molar-refractivity contribution in [3.63, 3.8) is 0 Å². The van der Waals surface area contributed by atoms with Crippen molar-refractivity contribution in [2.24, 2.45) is 0 Å². The molecule has 16 heavy (non-hydrogen) atoms. The Bertz CT molecular complexity index is 366. The van der Waals surface area contributed by atoms with Gasteiger partial charge in [-0.3, -0.25) is 4.79 Å². The average molecular weight is 220 g/mol. The third-order valence-corrected chi connectivity index (χ3v) is 2.11. The van der Waals surface area contributed by atoms with Gasteiger partial charge >= 0.3 is 0 Å². The SMILES string of the molecule is CC(C)(C)NC(=O)CCc1cccc(N)c1. The maximum absolute atomic E-state index is 11.6. The molecular formula is C13H20N2O. The Balaban J connectivity index is 2.43. The van der Waals surface area contributed by atoms with E-state index in [4.69, 9.17) is 5.73 Å². The first kappa shape index (κ1) is 12.6. The molecule has 0 aliphatic carbocycles. The number of hydrogen-bond donors (Lipinski definition) is 2. The Hall–Kier alpha value is -1.51. The number of anilines is 1. The second kappa shape index (κ2) is 5.01. The minimum atomic E-state index is -0.160. The number of carbonyl (C=O) groups excluding carboxylic acids is 1. The van der Waals surface area contributed by atoms with Gasteiger partial charge in [0, 0.05) is 17.6 Å². The normalized spacial score (nSPS) is 11.2. The molecule has 0 saturated carbocycles. The highest BCUT2D eigenvalue weighted by molar-refractivity contribution is 5.76. The molecule has 0 atom stereocenters. The lowest BCUT2D eigenvalue weighted by molar-refractivity contribution is -0.122. The van der Waals surface area contributed by atoms with Crippen molar-refractivity contribution in [3.05, 3.63) is 29.8 Å². The van der Waals surface area contributed by atoms with Crippen LogP contribution in [0.4, 0.5) is 5.69 Å². The Morgan fingerprint density at radius 3 is 2.62 bits per heavy atom. The van der Waals surface area contributed by atoms with Crippen LogP contribution in [-0.2, 0) is 11.2 Å². The van der Waals surface area contributed by atoms with Crippen molar-refractivity contribution in [1.29, 1.82) is 0 Å². The standard InChI is InChI=1S/C13H20N2O/c1-13(2,3)15-12(16)8-7-10-5-4-6-11(14)9-10/h4-6,9H,7-8,14H2,1-3H3,(H,15,16). The van der Waals surface area contributed by atoms with Gasteiger partial charge in [0.15, 0.2) is 0 Å². The number of benzene rings is 1. The molecule has 0 saturated heterocycles. The van der Waals surface area contributed by atoms with Gasteiger partial charge in [0.05, 0.1) is 0 Å². The van der Waals surface area contributed by atoms with Crippen molar-refractivity contribution >= 4 is 11.6 Å². The number of rotatable bonds is 3. The topological polar surface area (TPSA) is 55.1 Å². The van der Waals surface area contributed by atoms with Crippen molar-refractivity contribution < 1.29 is 4.79 Å². The van der Waals surface area contributed by atoms with Crippen LogP contribution in [0.15, 0.2) is 24.3 Å². The molecule has 0 radical (unpaired) electrons. The van der Waals surface area contributed by atoms with Crippen LogP contribution in [0.5, 0.6) is 0 Å². The van der Waals surface area contributed by atoms with Crippen LogP contribution < -0.4 is 11.1 Å². The van der Waals surface area contributed by atoms with Crippen molar-refractivity contribution in [3.8, 4) is 0 Å². The smallest absolute Gasteiger partial charge is 0.220 e. The first-order chi connectivity index (χ1) is 7.37. The van der Waals surface area contributed by atoms with Gasteiger partial charge in [-0.2, -0.15) is 0 Å². The van der Waals surface area contributed by atoms with Gasteiger partial charge < -0.3 is 11.1 Å². The highest BCUT2D eigenvalue weighted by Crippen LogP contribution is 2.09. The summed E-state index contributed by atoms with van der Waals surface area (Å²) in [5.74, 6) is 0.0786. The summed E-state index contributed by atoms with van der Waals surface area (Å²) in [6, 6.07) is 7.65. The molecule has 0 unspecified atom stereocenters. The summed E-state index contributed by atoms with van der Waals surface area (Å²) in [6.45, 7) is 5.93. The summed E-state index contributed by atoms with van der Waals surface area (Å²) in [5, 5.41) is 2.93. The minimum Gasteiger partial charge on any atom is -0.399 e. The van der Waals surface area contributed by atoms with E-state index in [1.165, 1.54) is 0 Å². The lowest BCUT2D eigenvalue weighted by Crippen LogP contribution is -2.40. The Kier molecular flexibility index (Phi) is 3.93. The fourth-order valence-electron chi connectivity index (χ4n) is 1.49. The lowest BCUT2D eigenvalue weighted by Gasteiger charge is -2.20. The molecule has 0 aliphatic rings. The molecule has 0 aliphatic heterocycles. The molecule has 0 bridgehead atoms. The number of hydrogen-bond acceptors (Lipinski definition) is 2. The first-order valence-corrected chi connectivity index (χ1v) is 5.52. The van der Waals surface area contributed by atoms with E-state index in [-0.39, 0.29) is 11.4 Å². The van der Waals surface area contributed by atoms with Crippen LogP contribution in [0, 0.1) is 0 Å². The van der Waals surface area contributed by atoms with E-state index in [9.17, 15) is 4.79 Å². The van der Waals surface area contributed by atoms with Crippen molar-refractivity contribution in [2.75, 3.05) is 5.73 Å². The number of nitrogens with two attached hydrogens (primary N) is 1. The average Bonchev–Trinajstić information content (AvgIpc) is 2.12. The zero-order valence-electron chi connectivity index (χ0n) is 10.2. The van der Waals surface area contributed by atoms with E-state index >= 15 is 0 Å². The predicted octanol–water partition coefficient (Wildman–Crippen LogP) is 2.12. The molecule has 0 heterocycles. The molecule has 3 nitrogen and oxygen atoms in total. The van der Waals surface area contributed by atoms with Crippen LogP contribution in [0.25, 0.3) is 0 Å². The van der Waals surface area contributed by atoms with Crippen LogP contribution in [0.2, 0.25) is 0 Å². The largest absolute Gasteiger partial charge is 0.399 e. The monoisotopic (exact) mass is 220 g/mol. The third kappa shape index (κ3) is 4.82. The fraction of sp³-hybridized carbons (Fsp3) is 0.462. The van der Waals surface area contributed by atoms with Gasteiger partial charge in [-0.05, 0) is 44.9 Å². The number of aryl methyl sites for hydroxylation is 1. The molecule has 0 fully saturated rings. The zero-order chi connectivity index (χ0) is 12.2. The Labute approximate surface area is 97.0 Å². The van der Waals surface area contributed by atoms with E-state index in [2.05, 4.69) is 5.32 Å². The maximum atomic E-state index is 11.6. The fourth-order valence-corrected chi connectivity index (χ4v) is 1.49. The molecule has 1 rings (SSSR count). The van der Waals surface area contributed by atoms with Gasteiger partial charge in [0.25, 0.3) is 0 Å². The second-order valence-electron chi connectivity index (χ2n) is 5.04. The number of amides is 1. The van der Waals surface area contributed by atoms with Gasteiger partial charge in [0.2, 0.25) is 5.91 Å². The summed E-state index contributed by atoms with van der Waals surface area (Å²) in [5.41, 5.74) is 7.35. The quantitative estimate of drug-likeness (QED) is 0.767. The van der Waals surface area contributed by atoms with Crippen LogP contribution in [0.1, 0.15) is 32.8 Å². The summed E-state index contributed by atoms with van der Waals surface area (Å²) < 4.78 is 0. The Morgan fingerprint density at radius 2 is 2.06 bits per heavy atom. The molecular weight excluding hydrogens is 200 g/mol. The highest BCUT2D eigenvalue weighted by Gasteiger charge is 2.13. The molecule has 88 valence electrons. The number of nitrogen functional groups attached to an aromatic ring is 1. The van der Waals surface area contributed by atoms with E-state index in [0.717, 1.165) is 17.7 Å². The summed E-state index contributed by atoms with van der Waals surface area (Å²) >= 11 is 0. The van der Waals surface area contributed by atoms with Crippen molar-refractivity contribution in [2.45, 2.75) is 39.2 Å². The molecule has 1 amide bonds. The van der Waals surface area contributed by atoms with E-state index in [0.29, 0.717) is 6.42 Å². The summed E-state index contributed by atoms with van der Waals surface area (Å²) in [7, 11) is 0. The van der Waals surface area contributed by atoms with Crippen LogP contribution >= 0.6 is 0 Å². The molecule has 3 N–H and O–H groups in total. The van der Waals surface area contributed by atoms with E-state index in [1.807, 2.05) is 45.0 Å². The highest BCUT2D eigenvalue weighted by atomic mass is 16.1. The van der Waals surface area contributed by atoms with Crippen molar-refractivity contribution in [1.82, 2.24) is 5.32 Å². The molecule has 0 spiro atoms. The third-order valence-electron chi connectivity index (χ3n) is 2.11. The maximum Gasteiger partial charge on any atom is 0.220 e. The van der Waals surface area contributed by atoms with E-state index < -0.39 is 0 Å². The van der Waals surface area contributed by atoms with E-state index in [1.54, 1.807) is 0 Å². The second-order valence-corrected chi connectivity index (χ2v) is 5.04. The zero-order valence-corrected chi connectivity index (χ0v) is 10.2.